The lowest BCUT2D eigenvalue weighted by atomic mass is 10.3. The molecular weight excluding hydrogens is 339 g/mol. The molecule has 7 nitrogen and oxygen atoms in total. The van der Waals surface area contributed by atoms with E-state index in [9.17, 15) is 4.79 Å². The topological polar surface area (TPSA) is 87.6 Å². The maximum absolute atomic E-state index is 10.9. The molecule has 1 fully saturated rings. The Morgan fingerprint density at radius 1 is 1.74 bits per heavy atom. The van der Waals surface area contributed by atoms with Crippen LogP contribution in [0.1, 0.15) is 0 Å². The van der Waals surface area contributed by atoms with E-state index in [0.717, 1.165) is 0 Å². The second-order valence-corrected chi connectivity index (χ2v) is 5.13. The third kappa shape index (κ3) is 3.92. The SMILES string of the molecule is O=C(O)N1CCOC(CNc2nc(Cl)ncc2Br)C1. The van der Waals surface area contributed by atoms with E-state index in [2.05, 4.69) is 31.2 Å². The molecule has 1 atom stereocenters. The summed E-state index contributed by atoms with van der Waals surface area (Å²) in [6, 6.07) is 0. The molecule has 0 spiro atoms. The van der Waals surface area contributed by atoms with E-state index in [1.165, 1.54) is 4.90 Å². The Morgan fingerprint density at radius 3 is 3.26 bits per heavy atom. The largest absolute Gasteiger partial charge is 0.465 e. The maximum atomic E-state index is 10.9. The summed E-state index contributed by atoms with van der Waals surface area (Å²) in [6.45, 7) is 1.56. The van der Waals surface area contributed by atoms with Gasteiger partial charge >= 0.3 is 6.09 Å². The van der Waals surface area contributed by atoms with Gasteiger partial charge in [0.15, 0.2) is 0 Å². The molecule has 1 unspecified atom stereocenters. The van der Waals surface area contributed by atoms with Gasteiger partial charge in [0.05, 0.1) is 23.7 Å². The molecule has 2 heterocycles. The number of hydrogen-bond donors (Lipinski definition) is 2. The lowest BCUT2D eigenvalue weighted by molar-refractivity contribution is -0.0148. The van der Waals surface area contributed by atoms with Gasteiger partial charge in [-0.3, -0.25) is 0 Å². The molecule has 1 amide bonds. The zero-order valence-electron chi connectivity index (χ0n) is 9.84. The molecule has 9 heteroatoms. The molecule has 0 saturated carbocycles. The predicted octanol–water partition coefficient (Wildman–Crippen LogP) is 1.68. The summed E-state index contributed by atoms with van der Waals surface area (Å²) in [7, 11) is 0. The maximum Gasteiger partial charge on any atom is 0.407 e. The number of nitrogens with one attached hydrogen (secondary N) is 1. The van der Waals surface area contributed by atoms with Crippen molar-refractivity contribution < 1.29 is 14.6 Å². The lowest BCUT2D eigenvalue weighted by Crippen LogP contribution is -2.47. The fourth-order valence-electron chi connectivity index (χ4n) is 1.70. The first-order chi connectivity index (χ1) is 9.06. The number of carbonyl (C=O) groups is 1. The van der Waals surface area contributed by atoms with Crippen LogP contribution in [0.4, 0.5) is 10.6 Å². The molecule has 1 aliphatic heterocycles. The van der Waals surface area contributed by atoms with Crippen molar-refractivity contribution in [3.05, 3.63) is 16.0 Å². The van der Waals surface area contributed by atoms with Crippen LogP contribution in [0.25, 0.3) is 0 Å². The minimum atomic E-state index is -0.931. The van der Waals surface area contributed by atoms with E-state index in [0.29, 0.717) is 36.5 Å². The van der Waals surface area contributed by atoms with E-state index in [1.807, 2.05) is 0 Å². The molecule has 1 aromatic rings. The van der Waals surface area contributed by atoms with Gasteiger partial charge in [0.1, 0.15) is 5.82 Å². The molecule has 0 radical (unpaired) electrons. The number of anilines is 1. The number of hydrogen-bond acceptors (Lipinski definition) is 5. The summed E-state index contributed by atoms with van der Waals surface area (Å²) < 4.78 is 6.17. The van der Waals surface area contributed by atoms with Crippen molar-refractivity contribution in [3.63, 3.8) is 0 Å². The van der Waals surface area contributed by atoms with Crippen molar-refractivity contribution in [2.75, 3.05) is 31.6 Å². The number of aromatic nitrogens is 2. The van der Waals surface area contributed by atoms with E-state index in [1.54, 1.807) is 6.20 Å². The second-order valence-electron chi connectivity index (χ2n) is 3.94. The first-order valence-corrected chi connectivity index (χ1v) is 6.74. The van der Waals surface area contributed by atoms with Gasteiger partial charge in [0.2, 0.25) is 5.28 Å². The van der Waals surface area contributed by atoms with Gasteiger partial charge in [-0.25, -0.2) is 9.78 Å². The first-order valence-electron chi connectivity index (χ1n) is 5.57. The van der Waals surface area contributed by atoms with Gasteiger partial charge in [-0.1, -0.05) is 0 Å². The third-order valence-corrected chi connectivity index (χ3v) is 3.38. The summed E-state index contributed by atoms with van der Waals surface area (Å²) in [5.74, 6) is 0.552. The quantitative estimate of drug-likeness (QED) is 0.806. The van der Waals surface area contributed by atoms with Gasteiger partial charge in [0, 0.05) is 19.3 Å². The highest BCUT2D eigenvalue weighted by molar-refractivity contribution is 9.10. The number of morpholine rings is 1. The predicted molar refractivity (Wildman–Crippen MR) is 72.6 cm³/mol. The molecule has 1 aromatic heterocycles. The Balaban J connectivity index is 1.91. The molecule has 0 bridgehead atoms. The standard InChI is InChI=1S/C10H12BrClN4O3/c11-7-4-14-9(12)15-8(7)13-3-6-5-16(10(17)18)1-2-19-6/h4,6H,1-3,5H2,(H,17,18)(H,13,14,15). The molecule has 0 aliphatic carbocycles. The van der Waals surface area contributed by atoms with Crippen LogP contribution in [0.2, 0.25) is 5.28 Å². The summed E-state index contributed by atoms with van der Waals surface area (Å²) in [6.07, 6.45) is 0.396. The van der Waals surface area contributed by atoms with Gasteiger partial charge in [-0.2, -0.15) is 4.98 Å². The highest BCUT2D eigenvalue weighted by atomic mass is 79.9. The van der Waals surface area contributed by atoms with Gasteiger partial charge in [-0.15, -0.1) is 0 Å². The van der Waals surface area contributed by atoms with Crippen molar-refractivity contribution in [1.29, 1.82) is 0 Å². The van der Waals surface area contributed by atoms with Crippen molar-refractivity contribution in [3.8, 4) is 0 Å². The van der Waals surface area contributed by atoms with Crippen LogP contribution in [-0.2, 0) is 4.74 Å². The smallest absolute Gasteiger partial charge is 0.407 e. The van der Waals surface area contributed by atoms with Crippen molar-refractivity contribution in [2.45, 2.75) is 6.10 Å². The first kappa shape index (κ1) is 14.3. The van der Waals surface area contributed by atoms with Crippen LogP contribution >= 0.6 is 27.5 Å². The number of ether oxygens (including phenoxy) is 1. The molecular formula is C10H12BrClN4O3. The summed E-state index contributed by atoms with van der Waals surface area (Å²) in [4.78, 5) is 20.1. The minimum absolute atomic E-state index is 0.141. The van der Waals surface area contributed by atoms with Crippen molar-refractivity contribution in [2.24, 2.45) is 0 Å². The van der Waals surface area contributed by atoms with Crippen LogP contribution in [0.5, 0.6) is 0 Å². The molecule has 19 heavy (non-hydrogen) atoms. The molecule has 104 valence electrons. The molecule has 1 aliphatic rings. The Hall–Kier alpha value is -1.12. The number of carboxylic acid groups (broad SMARTS) is 1. The summed E-state index contributed by atoms with van der Waals surface area (Å²) >= 11 is 9.00. The highest BCUT2D eigenvalue weighted by Gasteiger charge is 2.23. The molecule has 2 rings (SSSR count). The average Bonchev–Trinajstić information content (AvgIpc) is 2.40. The number of halogens is 2. The fourth-order valence-corrected chi connectivity index (χ4v) is 2.16. The monoisotopic (exact) mass is 350 g/mol. The fraction of sp³-hybridized carbons (Fsp3) is 0.500. The van der Waals surface area contributed by atoms with Crippen molar-refractivity contribution >= 4 is 39.4 Å². The summed E-state index contributed by atoms with van der Waals surface area (Å²) in [5, 5.41) is 12.1. The number of amides is 1. The third-order valence-electron chi connectivity index (χ3n) is 2.62. The lowest BCUT2D eigenvalue weighted by Gasteiger charge is -2.31. The summed E-state index contributed by atoms with van der Waals surface area (Å²) in [5.41, 5.74) is 0. The van der Waals surface area contributed by atoms with Gasteiger partial charge in [-0.05, 0) is 27.5 Å². The Morgan fingerprint density at radius 2 is 2.53 bits per heavy atom. The van der Waals surface area contributed by atoms with Crippen molar-refractivity contribution in [1.82, 2.24) is 14.9 Å². The van der Waals surface area contributed by atoms with Crippen LogP contribution in [0, 0.1) is 0 Å². The zero-order valence-corrected chi connectivity index (χ0v) is 12.2. The molecule has 0 aromatic carbocycles. The molecule has 2 N–H and O–H groups in total. The van der Waals surface area contributed by atoms with Crippen LogP contribution in [0.3, 0.4) is 0 Å². The normalized spacial score (nSPS) is 19.3. The number of nitrogens with zero attached hydrogens (tertiary/aromatic N) is 3. The Labute approximate surface area is 123 Å². The van der Waals surface area contributed by atoms with E-state index in [4.69, 9.17) is 21.4 Å². The van der Waals surface area contributed by atoms with Crippen LogP contribution < -0.4 is 5.32 Å². The van der Waals surface area contributed by atoms with E-state index in [-0.39, 0.29) is 11.4 Å². The molecule has 1 saturated heterocycles. The van der Waals surface area contributed by atoms with E-state index < -0.39 is 6.09 Å². The van der Waals surface area contributed by atoms with Crippen LogP contribution in [-0.4, -0.2) is 58.4 Å². The number of rotatable bonds is 3. The van der Waals surface area contributed by atoms with E-state index >= 15 is 0 Å². The zero-order chi connectivity index (χ0) is 13.8. The minimum Gasteiger partial charge on any atom is -0.465 e. The average molecular weight is 352 g/mol. The highest BCUT2D eigenvalue weighted by Crippen LogP contribution is 2.20. The van der Waals surface area contributed by atoms with Gasteiger partial charge in [0.25, 0.3) is 0 Å². The van der Waals surface area contributed by atoms with Crippen LogP contribution in [0.15, 0.2) is 10.7 Å². The Kier molecular flexibility index (Phi) is 4.78. The Bertz CT molecular complexity index is 476. The van der Waals surface area contributed by atoms with Gasteiger partial charge < -0.3 is 20.1 Å². The second kappa shape index (κ2) is 6.36.